The lowest BCUT2D eigenvalue weighted by Gasteiger charge is -2.29. The molecule has 0 aromatic heterocycles. The number of fused-ring (bicyclic) bond motifs is 1. The molecular weight excluding hydrogens is 276 g/mol. The largest absolute Gasteiger partial charge is 0.370 e. The number of carbonyl (C=O) groups is 1. The highest BCUT2D eigenvalue weighted by atomic mass is 16.2. The predicted octanol–water partition coefficient (Wildman–Crippen LogP) is 1.81. The molecule has 1 aromatic carbocycles. The number of carbonyl (C=O) groups excluding carboxylic acids is 1. The van der Waals surface area contributed by atoms with Crippen molar-refractivity contribution in [2.75, 3.05) is 18.0 Å². The van der Waals surface area contributed by atoms with Crippen molar-refractivity contribution >= 4 is 17.6 Å². The number of guanidine groups is 1. The number of rotatable bonds is 3. The van der Waals surface area contributed by atoms with E-state index in [1.54, 1.807) is 0 Å². The van der Waals surface area contributed by atoms with Gasteiger partial charge >= 0.3 is 0 Å². The van der Waals surface area contributed by atoms with Crippen LogP contribution in [0.25, 0.3) is 0 Å². The molecular formula is C17H24N4O. The Morgan fingerprint density at radius 3 is 2.86 bits per heavy atom. The topological polar surface area (TPSA) is 70.7 Å². The van der Waals surface area contributed by atoms with E-state index in [-0.39, 0.29) is 12.5 Å². The first kappa shape index (κ1) is 14.9. The summed E-state index contributed by atoms with van der Waals surface area (Å²) in [6.45, 7) is 0.876. The summed E-state index contributed by atoms with van der Waals surface area (Å²) in [5, 5.41) is 3.21. The van der Waals surface area contributed by atoms with Crippen molar-refractivity contribution in [3.63, 3.8) is 0 Å². The van der Waals surface area contributed by atoms with Crippen LogP contribution in [0, 0.1) is 0 Å². The molecule has 1 aliphatic carbocycles. The maximum Gasteiger partial charge on any atom is 0.248 e. The molecule has 0 unspecified atom stereocenters. The maximum atomic E-state index is 12.4. The molecule has 0 saturated heterocycles. The van der Waals surface area contributed by atoms with Crippen LogP contribution in [0.1, 0.15) is 37.7 Å². The molecule has 1 amide bonds. The van der Waals surface area contributed by atoms with Gasteiger partial charge < -0.3 is 16.0 Å². The van der Waals surface area contributed by atoms with E-state index in [2.05, 4.69) is 16.4 Å². The fourth-order valence-corrected chi connectivity index (χ4v) is 3.36. The van der Waals surface area contributed by atoms with Crippen LogP contribution in [0.2, 0.25) is 0 Å². The van der Waals surface area contributed by atoms with Crippen molar-refractivity contribution in [1.29, 1.82) is 0 Å². The smallest absolute Gasteiger partial charge is 0.248 e. The van der Waals surface area contributed by atoms with E-state index in [1.807, 2.05) is 23.1 Å². The number of aryl methyl sites for hydroxylation is 1. The van der Waals surface area contributed by atoms with E-state index in [0.29, 0.717) is 12.0 Å². The molecule has 0 atom stereocenters. The van der Waals surface area contributed by atoms with Crippen LogP contribution in [0.4, 0.5) is 5.69 Å². The van der Waals surface area contributed by atoms with Crippen molar-refractivity contribution in [2.24, 2.45) is 10.7 Å². The molecule has 118 valence electrons. The van der Waals surface area contributed by atoms with E-state index in [4.69, 9.17) is 5.73 Å². The van der Waals surface area contributed by atoms with E-state index in [9.17, 15) is 4.79 Å². The Hall–Kier alpha value is -2.04. The Labute approximate surface area is 131 Å². The van der Waals surface area contributed by atoms with E-state index in [0.717, 1.165) is 37.9 Å². The second-order valence-corrected chi connectivity index (χ2v) is 6.10. The van der Waals surface area contributed by atoms with Gasteiger partial charge in [0.2, 0.25) is 5.91 Å². The highest BCUT2D eigenvalue weighted by molar-refractivity contribution is 5.97. The molecule has 0 bridgehead atoms. The van der Waals surface area contributed by atoms with Crippen LogP contribution < -0.4 is 16.0 Å². The fraction of sp³-hybridized carbons (Fsp3) is 0.529. The molecule has 5 nitrogen and oxygen atoms in total. The highest BCUT2D eigenvalue weighted by Crippen LogP contribution is 2.26. The highest BCUT2D eigenvalue weighted by Gasteiger charge is 2.22. The van der Waals surface area contributed by atoms with E-state index >= 15 is 0 Å². The summed E-state index contributed by atoms with van der Waals surface area (Å²) in [5.41, 5.74) is 8.16. The van der Waals surface area contributed by atoms with Crippen LogP contribution in [0.3, 0.4) is 0 Å². The van der Waals surface area contributed by atoms with Crippen LogP contribution in [-0.2, 0) is 11.2 Å². The standard InChI is InChI=1S/C17H24N4O/c18-17(20-14-8-2-3-9-14)19-12-16(22)21-11-5-7-13-6-1-4-10-15(13)21/h1,4,6,10,14H,2-3,5,7-9,11-12H2,(H3,18,19,20). The van der Waals surface area contributed by atoms with Crippen LogP contribution >= 0.6 is 0 Å². The van der Waals surface area contributed by atoms with Gasteiger partial charge in [0, 0.05) is 18.3 Å². The summed E-state index contributed by atoms with van der Waals surface area (Å²) in [7, 11) is 0. The molecule has 1 aliphatic heterocycles. The second-order valence-electron chi connectivity index (χ2n) is 6.10. The first-order valence-electron chi connectivity index (χ1n) is 8.19. The minimum absolute atomic E-state index is 0.0170. The summed E-state index contributed by atoms with van der Waals surface area (Å²) in [6, 6.07) is 8.53. The van der Waals surface area contributed by atoms with Gasteiger partial charge in [0.15, 0.2) is 5.96 Å². The molecule has 1 heterocycles. The zero-order chi connectivity index (χ0) is 15.4. The van der Waals surface area contributed by atoms with Crippen molar-refractivity contribution in [1.82, 2.24) is 5.32 Å². The Morgan fingerprint density at radius 1 is 1.27 bits per heavy atom. The Kier molecular flexibility index (Phi) is 4.61. The molecule has 3 rings (SSSR count). The van der Waals surface area contributed by atoms with Gasteiger partial charge in [0.05, 0.1) is 0 Å². The zero-order valence-electron chi connectivity index (χ0n) is 12.9. The Bertz CT molecular complexity index is 564. The zero-order valence-corrected chi connectivity index (χ0v) is 12.9. The van der Waals surface area contributed by atoms with Gasteiger partial charge in [-0.15, -0.1) is 0 Å². The van der Waals surface area contributed by atoms with Gasteiger partial charge in [-0.1, -0.05) is 31.0 Å². The van der Waals surface area contributed by atoms with Gasteiger partial charge in [-0.25, -0.2) is 4.99 Å². The minimum Gasteiger partial charge on any atom is -0.370 e. The number of nitrogens with zero attached hydrogens (tertiary/aromatic N) is 2. The van der Waals surface area contributed by atoms with Gasteiger partial charge in [-0.2, -0.15) is 0 Å². The molecule has 1 fully saturated rings. The molecule has 3 N–H and O–H groups in total. The summed E-state index contributed by atoms with van der Waals surface area (Å²) >= 11 is 0. The lowest BCUT2D eigenvalue weighted by Crippen LogP contribution is -2.41. The maximum absolute atomic E-state index is 12.4. The van der Waals surface area contributed by atoms with Crippen molar-refractivity contribution in [2.45, 2.75) is 44.6 Å². The number of para-hydroxylation sites is 1. The molecule has 1 aromatic rings. The lowest BCUT2D eigenvalue weighted by atomic mass is 10.0. The predicted molar refractivity (Wildman–Crippen MR) is 89.0 cm³/mol. The van der Waals surface area contributed by atoms with Crippen LogP contribution in [0.15, 0.2) is 29.3 Å². The summed E-state index contributed by atoms with van der Waals surface area (Å²) in [4.78, 5) is 18.5. The van der Waals surface area contributed by atoms with E-state index < -0.39 is 0 Å². The summed E-state index contributed by atoms with van der Waals surface area (Å²) < 4.78 is 0. The third-order valence-electron chi connectivity index (χ3n) is 4.50. The average Bonchev–Trinajstić information content (AvgIpc) is 3.05. The summed E-state index contributed by atoms with van der Waals surface area (Å²) in [5.74, 6) is 0.411. The van der Waals surface area contributed by atoms with E-state index in [1.165, 1.54) is 18.4 Å². The number of anilines is 1. The fourth-order valence-electron chi connectivity index (χ4n) is 3.36. The third kappa shape index (κ3) is 3.40. The third-order valence-corrected chi connectivity index (χ3v) is 4.50. The molecule has 5 heteroatoms. The van der Waals surface area contributed by atoms with Gasteiger partial charge in [0.25, 0.3) is 0 Å². The van der Waals surface area contributed by atoms with Gasteiger partial charge in [0.1, 0.15) is 6.54 Å². The molecule has 2 aliphatic rings. The number of nitrogens with two attached hydrogens (primary N) is 1. The van der Waals surface area contributed by atoms with Crippen molar-refractivity contribution in [3.8, 4) is 0 Å². The number of amides is 1. The second kappa shape index (κ2) is 6.81. The molecule has 0 radical (unpaired) electrons. The minimum atomic E-state index is 0.0170. The normalized spacial score (nSPS) is 19.1. The van der Waals surface area contributed by atoms with Crippen molar-refractivity contribution < 1.29 is 4.79 Å². The number of benzene rings is 1. The Balaban J connectivity index is 1.60. The van der Waals surface area contributed by atoms with Crippen LogP contribution in [-0.4, -0.2) is 31.0 Å². The first-order chi connectivity index (χ1) is 10.7. The molecule has 0 spiro atoms. The SMILES string of the molecule is NC(=NCC(=O)N1CCCc2ccccc21)NC1CCCC1. The number of hydrogen-bond acceptors (Lipinski definition) is 2. The Morgan fingerprint density at radius 2 is 2.05 bits per heavy atom. The van der Waals surface area contributed by atoms with Crippen LogP contribution in [0.5, 0.6) is 0 Å². The van der Waals surface area contributed by atoms with Gasteiger partial charge in [-0.3, -0.25) is 4.79 Å². The quantitative estimate of drug-likeness (QED) is 0.660. The number of hydrogen-bond donors (Lipinski definition) is 2. The lowest BCUT2D eigenvalue weighted by molar-refractivity contribution is -0.117. The van der Waals surface area contributed by atoms with Gasteiger partial charge in [-0.05, 0) is 37.3 Å². The number of nitrogens with one attached hydrogen (secondary N) is 1. The number of aliphatic imine (C=N–C) groups is 1. The average molecular weight is 300 g/mol. The first-order valence-corrected chi connectivity index (χ1v) is 8.19. The summed E-state index contributed by atoms with van der Waals surface area (Å²) in [6.07, 6.45) is 6.81. The molecule has 22 heavy (non-hydrogen) atoms. The van der Waals surface area contributed by atoms with Crippen molar-refractivity contribution in [3.05, 3.63) is 29.8 Å². The molecule has 1 saturated carbocycles. The monoisotopic (exact) mass is 300 g/mol.